The Morgan fingerprint density at radius 1 is 0.953 bits per heavy atom. The molecule has 0 heterocycles. The van der Waals surface area contributed by atoms with Gasteiger partial charge in [0.1, 0.15) is 17.7 Å². The first-order valence-corrected chi connectivity index (χ1v) is 16.1. The summed E-state index contributed by atoms with van der Waals surface area (Å²) in [5, 5.41) is 5.69. The summed E-state index contributed by atoms with van der Waals surface area (Å²) in [5.41, 5.74) is 1.90. The SMILES string of the molecule is CCCCCCCCN(C(=O)C(NC(=O)OC(C)(C)C)C(C)CC)C(C(=O)NCCC(=O)OCC)c1ccc(C)cc1C. The van der Waals surface area contributed by atoms with Crippen LogP contribution in [0.3, 0.4) is 0 Å². The van der Waals surface area contributed by atoms with E-state index in [-0.39, 0.29) is 37.3 Å². The van der Waals surface area contributed by atoms with Crippen LogP contribution in [0.5, 0.6) is 0 Å². The van der Waals surface area contributed by atoms with Crippen molar-refractivity contribution in [3.8, 4) is 0 Å². The van der Waals surface area contributed by atoms with Crippen LogP contribution in [0.25, 0.3) is 0 Å². The van der Waals surface area contributed by atoms with Gasteiger partial charge < -0.3 is 25.0 Å². The molecule has 0 aliphatic rings. The number of amides is 3. The van der Waals surface area contributed by atoms with E-state index >= 15 is 0 Å². The molecule has 9 heteroatoms. The number of nitrogens with zero attached hydrogens (tertiary/aromatic N) is 1. The Morgan fingerprint density at radius 2 is 1.60 bits per heavy atom. The molecular weight excluding hydrogens is 546 g/mol. The van der Waals surface area contributed by atoms with E-state index in [0.29, 0.717) is 24.9 Å². The second-order valence-corrected chi connectivity index (χ2v) is 12.4. The van der Waals surface area contributed by atoms with Crippen LogP contribution in [0.2, 0.25) is 0 Å². The smallest absolute Gasteiger partial charge is 0.408 e. The predicted octanol–water partition coefficient (Wildman–Crippen LogP) is 6.54. The number of hydrogen-bond acceptors (Lipinski definition) is 6. The topological polar surface area (TPSA) is 114 Å². The zero-order chi connectivity index (χ0) is 32.6. The zero-order valence-electron chi connectivity index (χ0n) is 28.1. The quantitative estimate of drug-likeness (QED) is 0.145. The highest BCUT2D eigenvalue weighted by Gasteiger charge is 2.38. The minimum Gasteiger partial charge on any atom is -0.466 e. The first kappa shape index (κ1) is 37.9. The highest BCUT2D eigenvalue weighted by Crippen LogP contribution is 2.28. The second kappa shape index (κ2) is 19.2. The molecule has 2 N–H and O–H groups in total. The molecule has 0 aliphatic carbocycles. The van der Waals surface area contributed by atoms with Crippen molar-refractivity contribution >= 4 is 23.9 Å². The molecule has 9 nitrogen and oxygen atoms in total. The number of rotatable bonds is 18. The van der Waals surface area contributed by atoms with Gasteiger partial charge in [-0.3, -0.25) is 14.4 Å². The maximum atomic E-state index is 14.5. The van der Waals surface area contributed by atoms with Gasteiger partial charge >= 0.3 is 12.1 Å². The number of benzene rings is 1. The van der Waals surface area contributed by atoms with Crippen LogP contribution in [0.1, 0.15) is 123 Å². The number of ether oxygens (including phenoxy) is 2. The van der Waals surface area contributed by atoms with Crippen LogP contribution in [-0.4, -0.2) is 60.1 Å². The molecule has 3 atom stereocenters. The van der Waals surface area contributed by atoms with E-state index in [1.165, 1.54) is 0 Å². The van der Waals surface area contributed by atoms with Crippen LogP contribution in [0.4, 0.5) is 4.79 Å². The molecule has 0 aromatic heterocycles. The molecule has 244 valence electrons. The summed E-state index contributed by atoms with van der Waals surface area (Å²) in [7, 11) is 0. The van der Waals surface area contributed by atoms with Crippen molar-refractivity contribution in [3.05, 3.63) is 34.9 Å². The highest BCUT2D eigenvalue weighted by molar-refractivity contribution is 5.92. The monoisotopic (exact) mass is 603 g/mol. The van der Waals surface area contributed by atoms with Gasteiger partial charge in [0.25, 0.3) is 0 Å². The Labute approximate surface area is 259 Å². The lowest BCUT2D eigenvalue weighted by Crippen LogP contribution is -2.55. The number of unbranched alkanes of at least 4 members (excludes halogenated alkanes) is 5. The molecule has 1 rings (SSSR count). The van der Waals surface area contributed by atoms with Gasteiger partial charge in [0.15, 0.2) is 0 Å². The third-order valence-corrected chi connectivity index (χ3v) is 7.40. The minimum atomic E-state index is -0.946. The Hall–Kier alpha value is -3.10. The third kappa shape index (κ3) is 13.8. The number of alkyl carbamates (subject to hydrolysis) is 1. The van der Waals surface area contributed by atoms with Crippen LogP contribution in [0, 0.1) is 19.8 Å². The largest absolute Gasteiger partial charge is 0.466 e. The molecule has 0 saturated heterocycles. The summed E-state index contributed by atoms with van der Waals surface area (Å²) in [6.45, 7) is 17.7. The maximum Gasteiger partial charge on any atom is 0.408 e. The number of aryl methyl sites for hydroxylation is 2. The molecule has 0 fully saturated rings. The van der Waals surface area contributed by atoms with E-state index in [1.807, 2.05) is 45.9 Å². The molecule has 1 aromatic carbocycles. The van der Waals surface area contributed by atoms with Gasteiger partial charge in [-0.1, -0.05) is 83.1 Å². The van der Waals surface area contributed by atoms with Crippen LogP contribution in [-0.2, 0) is 23.9 Å². The number of esters is 1. The van der Waals surface area contributed by atoms with Gasteiger partial charge in [-0.25, -0.2) is 4.79 Å². The van der Waals surface area contributed by atoms with E-state index in [4.69, 9.17) is 9.47 Å². The first-order chi connectivity index (χ1) is 20.2. The molecular formula is C34H57N3O6. The fourth-order valence-corrected chi connectivity index (χ4v) is 4.93. The average molecular weight is 604 g/mol. The molecule has 0 aliphatic heterocycles. The van der Waals surface area contributed by atoms with Gasteiger partial charge in [0.2, 0.25) is 11.8 Å². The van der Waals surface area contributed by atoms with Crippen molar-refractivity contribution in [2.45, 2.75) is 131 Å². The number of carbonyl (C=O) groups excluding carboxylic acids is 4. The lowest BCUT2D eigenvalue weighted by atomic mass is 9.93. The molecule has 0 saturated carbocycles. The molecule has 0 spiro atoms. The minimum absolute atomic E-state index is 0.0280. The first-order valence-electron chi connectivity index (χ1n) is 16.1. The lowest BCUT2D eigenvalue weighted by Gasteiger charge is -2.36. The van der Waals surface area contributed by atoms with Gasteiger partial charge in [-0.05, 0) is 65.0 Å². The molecule has 1 aromatic rings. The predicted molar refractivity (Wildman–Crippen MR) is 171 cm³/mol. The van der Waals surface area contributed by atoms with Crippen molar-refractivity contribution in [2.75, 3.05) is 19.7 Å². The summed E-state index contributed by atoms with van der Waals surface area (Å²) >= 11 is 0. The van der Waals surface area contributed by atoms with Gasteiger partial charge in [-0.2, -0.15) is 0 Å². The fraction of sp³-hybridized carbons (Fsp3) is 0.706. The van der Waals surface area contributed by atoms with Gasteiger partial charge in [0.05, 0.1) is 13.0 Å². The Kier molecular flexibility index (Phi) is 17.0. The molecule has 0 bridgehead atoms. The molecule has 43 heavy (non-hydrogen) atoms. The summed E-state index contributed by atoms with van der Waals surface area (Å²) in [5.74, 6) is -1.32. The highest BCUT2D eigenvalue weighted by atomic mass is 16.6. The normalized spacial score (nSPS) is 13.4. The standard InChI is InChI=1S/C34H57N3O6/c1-10-13-14-15-16-17-22-37(32(40)29(25(5)11-2)36-33(41)43-34(7,8)9)30(27-19-18-24(4)23-26(27)6)31(39)35-21-20-28(38)42-12-3/h18-19,23,25,29-30H,10-17,20-22H2,1-9H3,(H,35,39)(H,36,41). The summed E-state index contributed by atoms with van der Waals surface area (Å²) in [6.07, 6.45) is 6.08. The van der Waals surface area contributed by atoms with Crippen LogP contribution < -0.4 is 10.6 Å². The van der Waals surface area contributed by atoms with Crippen molar-refractivity contribution in [3.63, 3.8) is 0 Å². The van der Waals surface area contributed by atoms with E-state index in [0.717, 1.165) is 43.2 Å². The van der Waals surface area contributed by atoms with Gasteiger partial charge in [0, 0.05) is 13.1 Å². The van der Waals surface area contributed by atoms with E-state index in [9.17, 15) is 19.2 Å². The third-order valence-electron chi connectivity index (χ3n) is 7.40. The van der Waals surface area contributed by atoms with E-state index < -0.39 is 29.7 Å². The number of nitrogens with one attached hydrogen (secondary N) is 2. The van der Waals surface area contributed by atoms with Crippen molar-refractivity contribution in [2.24, 2.45) is 5.92 Å². The van der Waals surface area contributed by atoms with Crippen molar-refractivity contribution in [1.82, 2.24) is 15.5 Å². The zero-order valence-corrected chi connectivity index (χ0v) is 28.1. The summed E-state index contributed by atoms with van der Waals surface area (Å²) in [6, 6.07) is 3.98. The molecule has 3 amide bonds. The second-order valence-electron chi connectivity index (χ2n) is 12.4. The average Bonchev–Trinajstić information content (AvgIpc) is 2.92. The summed E-state index contributed by atoms with van der Waals surface area (Å²) < 4.78 is 10.5. The summed E-state index contributed by atoms with van der Waals surface area (Å²) in [4.78, 5) is 54.9. The Morgan fingerprint density at radius 3 is 2.19 bits per heavy atom. The van der Waals surface area contributed by atoms with E-state index in [2.05, 4.69) is 17.6 Å². The Balaban J connectivity index is 3.52. The van der Waals surface area contributed by atoms with Crippen LogP contribution >= 0.6 is 0 Å². The number of carbonyl (C=O) groups is 4. The van der Waals surface area contributed by atoms with E-state index in [1.54, 1.807) is 32.6 Å². The van der Waals surface area contributed by atoms with Gasteiger partial charge in [-0.15, -0.1) is 0 Å². The van der Waals surface area contributed by atoms with Crippen molar-refractivity contribution < 1.29 is 28.7 Å². The number of hydrogen-bond donors (Lipinski definition) is 2. The molecule has 3 unspecified atom stereocenters. The fourth-order valence-electron chi connectivity index (χ4n) is 4.93. The maximum absolute atomic E-state index is 14.5. The van der Waals surface area contributed by atoms with Crippen LogP contribution in [0.15, 0.2) is 18.2 Å². The lowest BCUT2D eigenvalue weighted by molar-refractivity contribution is -0.145. The molecule has 0 radical (unpaired) electrons. The Bertz CT molecular complexity index is 1040. The van der Waals surface area contributed by atoms with Crippen molar-refractivity contribution in [1.29, 1.82) is 0 Å².